The van der Waals surface area contributed by atoms with Crippen LogP contribution in [-0.2, 0) is 0 Å². The highest BCUT2D eigenvalue weighted by atomic mass is 16.3. The molecule has 1 aromatic heterocycles. The van der Waals surface area contributed by atoms with Crippen molar-refractivity contribution in [2.24, 2.45) is 0 Å². The van der Waals surface area contributed by atoms with E-state index in [1.165, 1.54) is 5.56 Å². The fourth-order valence-corrected chi connectivity index (χ4v) is 2.99. The van der Waals surface area contributed by atoms with Crippen LogP contribution in [0.15, 0.2) is 48.8 Å². The Morgan fingerprint density at radius 3 is 2.32 bits per heavy atom. The van der Waals surface area contributed by atoms with Gasteiger partial charge in [0.1, 0.15) is 12.6 Å². The normalized spacial score (nSPS) is 13.1. The molecular weight excluding hydrogens is 350 g/mol. The zero-order chi connectivity index (χ0) is 20.3. The number of tetrazole rings is 1. The number of aliphatic hydroxyl groups is 1. The number of rotatable bonds is 7. The molecule has 0 bridgehead atoms. The summed E-state index contributed by atoms with van der Waals surface area (Å²) in [5, 5.41) is 25.6. The molecule has 0 amide bonds. The van der Waals surface area contributed by atoms with Crippen molar-refractivity contribution in [2.45, 2.75) is 58.7 Å². The highest BCUT2D eigenvalue weighted by molar-refractivity contribution is 5.67. The van der Waals surface area contributed by atoms with Crippen LogP contribution in [0.25, 0.3) is 16.8 Å². The Labute approximate surface area is 166 Å². The fraction of sp³-hybridized carbons (Fsp3) is 0.409. The predicted molar refractivity (Wildman–Crippen MR) is 111 cm³/mol. The Kier molecular flexibility index (Phi) is 5.91. The van der Waals surface area contributed by atoms with Crippen molar-refractivity contribution in [3.05, 3.63) is 59.9 Å². The smallest absolute Gasteiger partial charge is 0.143 e. The van der Waals surface area contributed by atoms with Crippen molar-refractivity contribution in [3.8, 4) is 16.8 Å². The molecule has 0 aliphatic rings. The van der Waals surface area contributed by atoms with Gasteiger partial charge in [-0.3, -0.25) is 5.32 Å². The molecule has 0 aliphatic heterocycles. The predicted octanol–water partition coefficient (Wildman–Crippen LogP) is 4.22. The number of aromatic nitrogens is 4. The molecular formula is C22H29N5O. The summed E-state index contributed by atoms with van der Waals surface area (Å²) in [7, 11) is 0. The Morgan fingerprint density at radius 2 is 1.75 bits per heavy atom. The average molecular weight is 380 g/mol. The SMILES string of the molecule is CCC(C)(C)NC(O)c1cc(-c2ccc(C(C)C)cc2)cc(-n2cnnn2)c1. The zero-order valence-corrected chi connectivity index (χ0v) is 17.2. The molecule has 3 rings (SSSR count). The van der Waals surface area contributed by atoms with E-state index in [4.69, 9.17) is 0 Å². The van der Waals surface area contributed by atoms with Crippen LogP contribution in [0.3, 0.4) is 0 Å². The lowest BCUT2D eigenvalue weighted by Crippen LogP contribution is -2.41. The van der Waals surface area contributed by atoms with Gasteiger partial charge in [-0.25, -0.2) is 4.68 Å². The lowest BCUT2D eigenvalue weighted by Gasteiger charge is -2.28. The number of nitrogens with zero attached hydrogens (tertiary/aromatic N) is 4. The minimum absolute atomic E-state index is 0.177. The Hall–Kier alpha value is -2.57. The molecule has 0 saturated heterocycles. The van der Waals surface area contributed by atoms with E-state index in [1.54, 1.807) is 11.0 Å². The molecule has 0 fully saturated rings. The molecule has 1 atom stereocenters. The lowest BCUT2D eigenvalue weighted by molar-refractivity contribution is 0.0999. The van der Waals surface area contributed by atoms with E-state index in [9.17, 15) is 5.11 Å². The number of nitrogens with one attached hydrogen (secondary N) is 1. The summed E-state index contributed by atoms with van der Waals surface area (Å²) in [6.45, 7) is 10.6. The molecule has 2 aromatic carbocycles. The Morgan fingerprint density at radius 1 is 1.04 bits per heavy atom. The minimum Gasteiger partial charge on any atom is -0.374 e. The minimum atomic E-state index is -0.792. The molecule has 0 radical (unpaired) electrons. The van der Waals surface area contributed by atoms with Gasteiger partial charge in [0, 0.05) is 5.54 Å². The van der Waals surface area contributed by atoms with Crippen LogP contribution in [0.5, 0.6) is 0 Å². The highest BCUT2D eigenvalue weighted by Crippen LogP contribution is 2.28. The fourth-order valence-electron chi connectivity index (χ4n) is 2.99. The van der Waals surface area contributed by atoms with Gasteiger partial charge in [0.15, 0.2) is 0 Å². The van der Waals surface area contributed by atoms with Crippen molar-refractivity contribution in [1.29, 1.82) is 0 Å². The third-order valence-corrected chi connectivity index (χ3v) is 5.19. The summed E-state index contributed by atoms with van der Waals surface area (Å²) in [5.41, 5.74) is 4.80. The standard InChI is InChI=1S/C22H29N5O/c1-6-22(4,5)24-21(28)19-11-18(12-20(13-19)27-14-23-25-26-27)17-9-7-16(8-10-17)15(2)3/h7-15,21,24,28H,6H2,1-5H3. The summed E-state index contributed by atoms with van der Waals surface area (Å²) >= 11 is 0. The quantitative estimate of drug-likeness (QED) is 0.601. The Bertz CT molecular complexity index is 901. The second-order valence-electron chi connectivity index (χ2n) is 8.13. The van der Waals surface area contributed by atoms with Crippen LogP contribution in [0.2, 0.25) is 0 Å². The van der Waals surface area contributed by atoms with E-state index < -0.39 is 6.23 Å². The molecule has 1 heterocycles. The molecule has 0 saturated carbocycles. The highest BCUT2D eigenvalue weighted by Gasteiger charge is 2.21. The summed E-state index contributed by atoms with van der Waals surface area (Å²) in [4.78, 5) is 0. The first-order chi connectivity index (χ1) is 13.3. The molecule has 28 heavy (non-hydrogen) atoms. The molecule has 0 aliphatic carbocycles. The molecule has 1 unspecified atom stereocenters. The van der Waals surface area contributed by atoms with Crippen LogP contribution in [-0.4, -0.2) is 30.9 Å². The van der Waals surface area contributed by atoms with Crippen LogP contribution in [0.4, 0.5) is 0 Å². The van der Waals surface area contributed by atoms with Crippen LogP contribution < -0.4 is 5.32 Å². The van der Waals surface area contributed by atoms with Gasteiger partial charge in [0.2, 0.25) is 0 Å². The maximum absolute atomic E-state index is 10.8. The maximum atomic E-state index is 10.8. The molecule has 6 nitrogen and oxygen atoms in total. The molecule has 6 heteroatoms. The summed E-state index contributed by atoms with van der Waals surface area (Å²) in [6.07, 6.45) is 1.67. The molecule has 3 aromatic rings. The van der Waals surface area contributed by atoms with Crippen molar-refractivity contribution in [1.82, 2.24) is 25.5 Å². The van der Waals surface area contributed by atoms with Crippen LogP contribution in [0, 0.1) is 0 Å². The lowest BCUT2D eigenvalue weighted by atomic mass is 9.96. The monoisotopic (exact) mass is 379 g/mol. The maximum Gasteiger partial charge on any atom is 0.143 e. The van der Waals surface area contributed by atoms with Gasteiger partial charge in [0.05, 0.1) is 5.69 Å². The van der Waals surface area contributed by atoms with Crippen LogP contribution in [0.1, 0.15) is 64.3 Å². The zero-order valence-electron chi connectivity index (χ0n) is 17.2. The van der Waals surface area contributed by atoms with Gasteiger partial charge >= 0.3 is 0 Å². The van der Waals surface area contributed by atoms with Crippen LogP contribution >= 0.6 is 0 Å². The van der Waals surface area contributed by atoms with E-state index >= 15 is 0 Å². The van der Waals surface area contributed by atoms with E-state index in [-0.39, 0.29) is 5.54 Å². The third-order valence-electron chi connectivity index (χ3n) is 5.19. The van der Waals surface area contributed by atoms with Crippen molar-refractivity contribution in [3.63, 3.8) is 0 Å². The van der Waals surface area contributed by atoms with Gasteiger partial charge in [-0.1, -0.05) is 45.0 Å². The van der Waals surface area contributed by atoms with Gasteiger partial charge < -0.3 is 5.11 Å². The topological polar surface area (TPSA) is 75.9 Å². The Balaban J connectivity index is 2.03. The summed E-state index contributed by atoms with van der Waals surface area (Å²) < 4.78 is 1.60. The average Bonchev–Trinajstić information content (AvgIpc) is 3.22. The number of benzene rings is 2. The van der Waals surface area contributed by atoms with Gasteiger partial charge in [-0.2, -0.15) is 0 Å². The first kappa shape index (κ1) is 20.2. The van der Waals surface area contributed by atoms with Gasteiger partial charge in [0.25, 0.3) is 0 Å². The second-order valence-corrected chi connectivity index (χ2v) is 8.13. The van der Waals surface area contributed by atoms with Crippen molar-refractivity contribution in [2.75, 3.05) is 0 Å². The molecule has 2 N–H and O–H groups in total. The summed E-state index contributed by atoms with van der Waals surface area (Å²) in [5.74, 6) is 0.486. The van der Waals surface area contributed by atoms with E-state index in [0.717, 1.165) is 28.8 Å². The second kappa shape index (κ2) is 8.20. The first-order valence-electron chi connectivity index (χ1n) is 9.73. The molecule has 148 valence electrons. The first-order valence-corrected chi connectivity index (χ1v) is 9.73. The largest absolute Gasteiger partial charge is 0.374 e. The number of hydrogen-bond donors (Lipinski definition) is 2. The number of aliphatic hydroxyl groups excluding tert-OH is 1. The third kappa shape index (κ3) is 4.64. The van der Waals surface area contributed by atoms with Crippen molar-refractivity contribution >= 4 is 0 Å². The van der Waals surface area contributed by atoms with E-state index in [1.807, 2.05) is 18.2 Å². The van der Waals surface area contributed by atoms with Crippen molar-refractivity contribution < 1.29 is 5.11 Å². The molecule has 0 spiro atoms. The summed E-state index contributed by atoms with van der Waals surface area (Å²) in [6, 6.07) is 14.5. The van der Waals surface area contributed by atoms with E-state index in [0.29, 0.717) is 5.92 Å². The van der Waals surface area contributed by atoms with Gasteiger partial charge in [-0.15, -0.1) is 5.10 Å². The number of hydrogen-bond acceptors (Lipinski definition) is 5. The van der Waals surface area contributed by atoms with Gasteiger partial charge in [-0.05, 0) is 77.1 Å². The van der Waals surface area contributed by atoms with E-state index in [2.05, 4.69) is 79.7 Å².